The second-order valence-electron chi connectivity index (χ2n) is 5.64. The first-order valence-corrected chi connectivity index (χ1v) is 9.13. The first-order valence-electron chi connectivity index (χ1n) is 8.33. The Labute approximate surface area is 177 Å². The van der Waals surface area contributed by atoms with Gasteiger partial charge >= 0.3 is 0 Å². The van der Waals surface area contributed by atoms with Crippen LogP contribution in [0.25, 0.3) is 0 Å². The summed E-state index contributed by atoms with van der Waals surface area (Å²) in [4.78, 5) is 16.3. The lowest BCUT2D eigenvalue weighted by Gasteiger charge is -2.07. The molecule has 0 saturated heterocycles. The number of ether oxygens (including phenoxy) is 2. The Hall–Kier alpha value is -3.51. The van der Waals surface area contributed by atoms with Gasteiger partial charge in [-0.25, -0.2) is 14.0 Å². The summed E-state index contributed by atoms with van der Waals surface area (Å²) in [6, 6.07) is 10.6. The molecule has 1 amide bonds. The number of halogens is 2. The van der Waals surface area contributed by atoms with Crippen LogP contribution in [-0.2, 0) is 4.79 Å². The van der Waals surface area contributed by atoms with Gasteiger partial charge in [0, 0.05) is 0 Å². The van der Waals surface area contributed by atoms with Crippen molar-refractivity contribution in [3.8, 4) is 11.5 Å². The summed E-state index contributed by atoms with van der Waals surface area (Å²) in [5.41, 5.74) is 2.07. The van der Waals surface area contributed by atoms with Gasteiger partial charge in [-0.1, -0.05) is 0 Å². The van der Waals surface area contributed by atoms with Crippen LogP contribution in [0.5, 0.6) is 11.5 Å². The molecule has 0 saturated carbocycles. The van der Waals surface area contributed by atoms with Gasteiger partial charge < -0.3 is 14.8 Å². The second kappa shape index (κ2) is 9.80. The minimum absolute atomic E-state index is 0.0734. The Balaban J connectivity index is 1.69. The van der Waals surface area contributed by atoms with Gasteiger partial charge in [0.2, 0.25) is 5.82 Å². The van der Waals surface area contributed by atoms with Gasteiger partial charge in [-0.2, -0.15) is 0 Å². The summed E-state index contributed by atoms with van der Waals surface area (Å²) in [6.45, 7) is -0.317. The van der Waals surface area contributed by atoms with Crippen molar-refractivity contribution < 1.29 is 28.5 Å². The summed E-state index contributed by atoms with van der Waals surface area (Å²) in [7, 11) is 1.54. The average Bonchev–Trinajstić information content (AvgIpc) is 3.21. The maximum Gasteiger partial charge on any atom is 0.263 e. The third kappa shape index (κ3) is 5.30. The van der Waals surface area contributed by atoms with Crippen LogP contribution in [0.4, 0.5) is 15.9 Å². The van der Waals surface area contributed by atoms with E-state index >= 15 is 0 Å². The number of nitrogens with zero attached hydrogens (tertiary/aromatic N) is 3. The van der Waals surface area contributed by atoms with Gasteiger partial charge in [-0.15, -0.1) is 0 Å². The molecule has 0 unspecified atom stereocenters. The molecule has 0 atom stereocenters. The predicted octanol–water partition coefficient (Wildman–Crippen LogP) is 3.05. The molecule has 1 aromatic heterocycles. The molecule has 0 bridgehead atoms. The maximum atomic E-state index is 13.4. The number of aromatic nitrogens is 2. The molecule has 0 fully saturated rings. The maximum absolute atomic E-state index is 13.4. The van der Waals surface area contributed by atoms with Crippen LogP contribution in [0.2, 0.25) is 0 Å². The number of methoxy groups -OCH3 is 1. The largest absolute Gasteiger partial charge is 0.497 e. The number of carbonyl (C=O) groups is 1. The number of hydrogen-bond acceptors (Lipinski definition) is 8. The van der Waals surface area contributed by atoms with Gasteiger partial charge in [-0.3, -0.25) is 15.5 Å². The summed E-state index contributed by atoms with van der Waals surface area (Å²) in [5, 5.41) is 19.1. The lowest BCUT2D eigenvalue weighted by molar-refractivity contribution is -0.118. The number of carbonyl (C=O) groups excluding carboxylic acids is 1. The third-order valence-corrected chi connectivity index (χ3v) is 4.26. The zero-order valence-corrected chi connectivity index (χ0v) is 17.0. The van der Waals surface area contributed by atoms with E-state index in [0.29, 0.717) is 17.2 Å². The van der Waals surface area contributed by atoms with Crippen molar-refractivity contribution >= 4 is 39.2 Å². The van der Waals surface area contributed by atoms with Crippen LogP contribution in [0.1, 0.15) is 5.69 Å². The van der Waals surface area contributed by atoms with E-state index in [4.69, 9.17) is 9.47 Å². The van der Waals surface area contributed by atoms with Gasteiger partial charge in [0.05, 0.1) is 17.3 Å². The van der Waals surface area contributed by atoms with Crippen LogP contribution in [0, 0.1) is 5.82 Å². The van der Waals surface area contributed by atoms with Gasteiger partial charge in [0.15, 0.2) is 18.1 Å². The first kappa shape index (κ1) is 21.2. The van der Waals surface area contributed by atoms with Crippen molar-refractivity contribution in [2.24, 2.45) is 4.99 Å². The fourth-order valence-corrected chi connectivity index (χ4v) is 2.60. The summed E-state index contributed by atoms with van der Waals surface area (Å²) in [6.07, 6.45) is 0. The van der Waals surface area contributed by atoms with Crippen LogP contribution in [0.15, 0.2) is 56.6 Å². The molecule has 3 aromatic rings. The molecule has 0 aliphatic rings. The minimum Gasteiger partial charge on any atom is -0.497 e. The highest BCUT2D eigenvalue weighted by Crippen LogP contribution is 2.23. The highest BCUT2D eigenvalue weighted by atomic mass is 79.9. The Bertz CT molecular complexity index is 1060. The van der Waals surface area contributed by atoms with Gasteiger partial charge in [0.1, 0.15) is 17.3 Å². The third-order valence-electron chi connectivity index (χ3n) is 3.65. The Kier molecular flexibility index (Phi) is 6.93. The Morgan fingerprint density at radius 3 is 2.63 bits per heavy atom. The highest BCUT2D eigenvalue weighted by molar-refractivity contribution is 9.10. The fraction of sp³-hybridized carbons (Fsp3) is 0.111. The van der Waals surface area contributed by atoms with Gasteiger partial charge in [0.25, 0.3) is 5.91 Å². The number of anilines is 1. The number of amides is 1. The predicted molar refractivity (Wildman–Crippen MR) is 107 cm³/mol. The van der Waals surface area contributed by atoms with E-state index in [1.165, 1.54) is 18.2 Å². The SMILES string of the molecule is COc1ccc(OCC(=O)Nc2nonc2C(=Nc2ccc(F)c(Br)c2)NO)cc1. The van der Waals surface area contributed by atoms with Crippen LogP contribution in [0.3, 0.4) is 0 Å². The van der Waals surface area contributed by atoms with E-state index in [9.17, 15) is 14.4 Å². The fourth-order valence-electron chi connectivity index (χ4n) is 2.23. The standard InChI is InChI=1S/C18H15BrFN5O5/c1-28-11-3-5-12(6-4-11)29-9-15(26)22-18-16(24-30-25-18)17(23-27)21-10-2-7-14(20)13(19)8-10/h2-8,27H,9H2,1H3,(H,21,23)(H,22,25,26). The zero-order chi connectivity index (χ0) is 21.5. The molecule has 12 heteroatoms. The quantitative estimate of drug-likeness (QED) is 0.267. The van der Waals surface area contributed by atoms with E-state index in [0.717, 1.165) is 0 Å². The molecule has 0 spiro atoms. The van der Waals surface area contributed by atoms with Crippen molar-refractivity contribution in [3.63, 3.8) is 0 Å². The van der Waals surface area contributed by atoms with Crippen LogP contribution in [-0.4, -0.2) is 41.0 Å². The van der Waals surface area contributed by atoms with Crippen molar-refractivity contribution in [1.29, 1.82) is 0 Å². The first-order chi connectivity index (χ1) is 14.5. The van der Waals surface area contributed by atoms with E-state index in [-0.39, 0.29) is 28.4 Å². The van der Waals surface area contributed by atoms with E-state index in [2.05, 4.69) is 41.2 Å². The highest BCUT2D eigenvalue weighted by Gasteiger charge is 2.19. The van der Waals surface area contributed by atoms with Crippen LogP contribution < -0.4 is 20.3 Å². The van der Waals surface area contributed by atoms with Crippen molar-refractivity contribution in [1.82, 2.24) is 15.8 Å². The van der Waals surface area contributed by atoms with E-state index < -0.39 is 11.7 Å². The normalized spacial score (nSPS) is 11.1. The minimum atomic E-state index is -0.551. The Morgan fingerprint density at radius 1 is 1.23 bits per heavy atom. The summed E-state index contributed by atoms with van der Waals surface area (Å²) < 4.78 is 28.6. The summed E-state index contributed by atoms with van der Waals surface area (Å²) >= 11 is 3.05. The molecule has 3 N–H and O–H groups in total. The number of hydroxylamine groups is 1. The number of nitrogens with one attached hydrogen (secondary N) is 2. The molecule has 0 aliphatic heterocycles. The van der Waals surface area contributed by atoms with Crippen LogP contribution >= 0.6 is 15.9 Å². The topological polar surface area (TPSA) is 131 Å². The van der Waals surface area contributed by atoms with E-state index in [1.807, 2.05) is 5.48 Å². The zero-order valence-electron chi connectivity index (χ0n) is 15.4. The lowest BCUT2D eigenvalue weighted by Crippen LogP contribution is -2.25. The van der Waals surface area contributed by atoms with Crippen molar-refractivity contribution in [3.05, 3.63) is 58.4 Å². The molecule has 0 radical (unpaired) electrons. The number of hydrogen-bond donors (Lipinski definition) is 3. The molecule has 30 heavy (non-hydrogen) atoms. The smallest absolute Gasteiger partial charge is 0.263 e. The molecule has 156 valence electrons. The number of rotatable bonds is 7. The number of benzene rings is 2. The average molecular weight is 480 g/mol. The molecule has 3 rings (SSSR count). The molecule has 2 aromatic carbocycles. The van der Waals surface area contributed by atoms with E-state index in [1.54, 1.807) is 31.4 Å². The van der Waals surface area contributed by atoms with Crippen molar-refractivity contribution in [2.45, 2.75) is 0 Å². The number of amidine groups is 1. The molecule has 10 nitrogen and oxygen atoms in total. The Morgan fingerprint density at radius 2 is 1.97 bits per heavy atom. The van der Waals surface area contributed by atoms with Crippen molar-refractivity contribution in [2.75, 3.05) is 19.0 Å². The molecular formula is C18H15BrFN5O5. The van der Waals surface area contributed by atoms with Gasteiger partial charge in [-0.05, 0) is 68.7 Å². The molecular weight excluding hydrogens is 465 g/mol. The molecule has 1 heterocycles. The lowest BCUT2D eigenvalue weighted by atomic mass is 10.3. The monoisotopic (exact) mass is 479 g/mol. The molecule has 0 aliphatic carbocycles. The number of aliphatic imine (C=N–C) groups is 1. The second-order valence-corrected chi connectivity index (χ2v) is 6.50. The summed E-state index contributed by atoms with van der Waals surface area (Å²) in [5.74, 6) is -0.182.